The Morgan fingerprint density at radius 1 is 1.20 bits per heavy atom. The molecule has 2 N–H and O–H groups in total. The topological polar surface area (TPSA) is 62.3 Å². The van der Waals surface area contributed by atoms with Crippen LogP contribution in [0.3, 0.4) is 0 Å². The number of halogens is 3. The van der Waals surface area contributed by atoms with Gasteiger partial charge in [0.1, 0.15) is 5.56 Å². The highest BCUT2D eigenvalue weighted by Crippen LogP contribution is 2.43. The normalized spacial score (nSPS) is 16.6. The third kappa shape index (κ3) is 5.42. The molecule has 0 spiro atoms. The van der Waals surface area contributed by atoms with Gasteiger partial charge in [-0.1, -0.05) is 6.92 Å². The molecule has 1 aromatic carbocycles. The van der Waals surface area contributed by atoms with Crippen LogP contribution in [-0.2, 0) is 23.9 Å². The first-order chi connectivity index (χ1) is 16.9. The summed E-state index contributed by atoms with van der Waals surface area (Å²) in [7, 11) is 0. The molecule has 2 aliphatic heterocycles. The maximum absolute atomic E-state index is 13.8. The number of thioether (sulfide) groups is 1. The Morgan fingerprint density at radius 2 is 2.03 bits per heavy atom. The van der Waals surface area contributed by atoms with Gasteiger partial charge in [0.15, 0.2) is 0 Å². The van der Waals surface area contributed by atoms with Crippen LogP contribution in [0.2, 0.25) is 0 Å². The van der Waals surface area contributed by atoms with Crippen molar-refractivity contribution in [3.8, 4) is 10.6 Å². The number of ether oxygens (including phenoxy) is 1. The molecule has 11 heteroatoms. The van der Waals surface area contributed by atoms with E-state index in [-0.39, 0.29) is 11.6 Å². The lowest BCUT2D eigenvalue weighted by molar-refractivity contribution is -0.137. The highest BCUT2D eigenvalue weighted by atomic mass is 32.2. The number of thiophene rings is 1. The molecule has 4 heterocycles. The van der Waals surface area contributed by atoms with Crippen molar-refractivity contribution in [2.45, 2.75) is 31.0 Å². The first-order valence-corrected chi connectivity index (χ1v) is 13.4. The van der Waals surface area contributed by atoms with Gasteiger partial charge in [-0.2, -0.15) is 13.2 Å². The average molecular weight is 522 g/mol. The molecule has 0 unspecified atom stereocenters. The van der Waals surface area contributed by atoms with E-state index in [1.807, 2.05) is 12.1 Å². The number of aromatic nitrogens is 2. The summed E-state index contributed by atoms with van der Waals surface area (Å²) >= 11 is 2.90. The molecule has 0 saturated carbocycles. The van der Waals surface area contributed by atoms with Crippen LogP contribution in [0.5, 0.6) is 0 Å². The fourth-order valence-electron chi connectivity index (χ4n) is 4.20. The van der Waals surface area contributed by atoms with Crippen LogP contribution >= 0.6 is 23.1 Å². The number of piperazine rings is 1. The standard InChI is InChI=1S/C24H26F3N5OS2/c1-2-15-11-16(32-7-5-28-6-8-32)3-4-18(15)30-23-29-13-17(24(25,26)27)22(31-23)20-12-19-21(35-20)14-33-9-10-34-19/h3-4,11-13,28H,2,5-10,14H2,1H3,(H,29,30,31). The largest absolute Gasteiger partial charge is 0.420 e. The number of alkyl halides is 3. The molecular formula is C24H26F3N5OS2. The number of hydrogen-bond donors (Lipinski definition) is 2. The van der Waals surface area contributed by atoms with Crippen LogP contribution in [0.25, 0.3) is 10.6 Å². The molecule has 6 nitrogen and oxygen atoms in total. The van der Waals surface area contributed by atoms with Gasteiger partial charge >= 0.3 is 6.18 Å². The molecular weight excluding hydrogens is 495 g/mol. The molecule has 3 aromatic rings. The van der Waals surface area contributed by atoms with Crippen molar-refractivity contribution < 1.29 is 17.9 Å². The van der Waals surface area contributed by atoms with E-state index >= 15 is 0 Å². The summed E-state index contributed by atoms with van der Waals surface area (Å²) < 4.78 is 47.1. The fourth-order valence-corrected chi connectivity index (χ4v) is 6.41. The fraction of sp³-hybridized carbons (Fsp3) is 0.417. The molecule has 0 bridgehead atoms. The van der Waals surface area contributed by atoms with Gasteiger partial charge in [0.05, 0.1) is 23.8 Å². The van der Waals surface area contributed by atoms with E-state index in [2.05, 4.69) is 38.5 Å². The van der Waals surface area contributed by atoms with Crippen molar-refractivity contribution in [3.63, 3.8) is 0 Å². The van der Waals surface area contributed by atoms with E-state index in [9.17, 15) is 13.2 Å². The number of aryl methyl sites for hydroxylation is 1. The summed E-state index contributed by atoms with van der Waals surface area (Å²) in [6, 6.07) is 7.91. The lowest BCUT2D eigenvalue weighted by atomic mass is 10.1. The van der Waals surface area contributed by atoms with Gasteiger partial charge in [-0.3, -0.25) is 0 Å². The maximum Gasteiger partial charge on any atom is 0.420 e. The van der Waals surface area contributed by atoms with E-state index in [4.69, 9.17) is 4.74 Å². The molecule has 0 atom stereocenters. The number of rotatable bonds is 5. The molecule has 186 valence electrons. The van der Waals surface area contributed by atoms with E-state index in [1.165, 1.54) is 11.3 Å². The Morgan fingerprint density at radius 3 is 2.80 bits per heavy atom. The number of nitrogens with zero attached hydrogens (tertiary/aromatic N) is 3. The summed E-state index contributed by atoms with van der Waals surface area (Å²) in [5, 5.41) is 6.52. The minimum Gasteiger partial charge on any atom is -0.375 e. The van der Waals surface area contributed by atoms with Gasteiger partial charge in [-0.05, 0) is 36.2 Å². The van der Waals surface area contributed by atoms with Crippen LogP contribution in [0.4, 0.5) is 30.5 Å². The smallest absolute Gasteiger partial charge is 0.375 e. The maximum atomic E-state index is 13.8. The van der Waals surface area contributed by atoms with Gasteiger partial charge in [-0.15, -0.1) is 23.1 Å². The highest BCUT2D eigenvalue weighted by Gasteiger charge is 2.36. The number of hydrogen-bond acceptors (Lipinski definition) is 8. The first kappa shape index (κ1) is 24.4. The summed E-state index contributed by atoms with van der Waals surface area (Å²) in [5.41, 5.74) is 2.05. The van der Waals surface area contributed by atoms with Crippen molar-refractivity contribution in [1.29, 1.82) is 0 Å². The second-order valence-corrected chi connectivity index (χ2v) is 10.6. The molecule has 0 amide bonds. The van der Waals surface area contributed by atoms with Gasteiger partial charge in [0.25, 0.3) is 0 Å². The van der Waals surface area contributed by atoms with Crippen molar-refractivity contribution in [3.05, 3.63) is 46.5 Å². The van der Waals surface area contributed by atoms with Gasteiger partial charge in [-0.25, -0.2) is 9.97 Å². The van der Waals surface area contributed by atoms with Crippen molar-refractivity contribution in [2.24, 2.45) is 0 Å². The average Bonchev–Trinajstić information content (AvgIpc) is 3.14. The lowest BCUT2D eigenvalue weighted by Crippen LogP contribution is -2.43. The Labute approximate surface area is 210 Å². The lowest BCUT2D eigenvalue weighted by Gasteiger charge is -2.30. The summed E-state index contributed by atoms with van der Waals surface area (Å²) in [6.45, 7) is 6.86. The van der Waals surface area contributed by atoms with Crippen LogP contribution in [0.1, 0.15) is 22.9 Å². The van der Waals surface area contributed by atoms with Crippen LogP contribution < -0.4 is 15.5 Å². The predicted octanol–water partition coefficient (Wildman–Crippen LogP) is 5.56. The van der Waals surface area contributed by atoms with E-state index in [0.29, 0.717) is 18.1 Å². The van der Waals surface area contributed by atoms with E-state index < -0.39 is 11.7 Å². The summed E-state index contributed by atoms with van der Waals surface area (Å²) in [4.78, 5) is 13.1. The predicted molar refractivity (Wildman–Crippen MR) is 135 cm³/mol. The minimum atomic E-state index is -4.56. The van der Waals surface area contributed by atoms with Gasteiger partial charge < -0.3 is 20.3 Å². The second-order valence-electron chi connectivity index (χ2n) is 8.31. The Balaban J connectivity index is 1.47. The zero-order valence-electron chi connectivity index (χ0n) is 19.2. The monoisotopic (exact) mass is 521 g/mol. The van der Waals surface area contributed by atoms with Crippen molar-refractivity contribution >= 4 is 40.4 Å². The molecule has 1 fully saturated rings. The number of fused-ring (bicyclic) bond motifs is 1. The Hall–Kier alpha value is -2.34. The number of benzene rings is 1. The minimum absolute atomic E-state index is 0.107. The molecule has 35 heavy (non-hydrogen) atoms. The van der Waals surface area contributed by atoms with E-state index in [1.54, 1.807) is 17.8 Å². The van der Waals surface area contributed by atoms with Crippen molar-refractivity contribution in [1.82, 2.24) is 15.3 Å². The Kier molecular flexibility index (Phi) is 7.19. The van der Waals surface area contributed by atoms with E-state index in [0.717, 1.165) is 71.3 Å². The molecule has 2 aromatic heterocycles. The third-order valence-corrected chi connectivity index (χ3v) is 8.30. The van der Waals surface area contributed by atoms with Gasteiger partial charge in [0, 0.05) is 59.3 Å². The molecule has 5 rings (SSSR count). The summed E-state index contributed by atoms with van der Waals surface area (Å²) in [5.74, 6) is 0.917. The molecule has 2 aliphatic rings. The van der Waals surface area contributed by atoms with Crippen LogP contribution in [0, 0.1) is 0 Å². The summed E-state index contributed by atoms with van der Waals surface area (Å²) in [6.07, 6.45) is -2.91. The Bertz CT molecular complexity index is 1170. The third-order valence-electron chi connectivity index (χ3n) is 6.01. The van der Waals surface area contributed by atoms with Gasteiger partial charge in [0.2, 0.25) is 5.95 Å². The van der Waals surface area contributed by atoms with Crippen LogP contribution in [-0.4, -0.2) is 48.5 Å². The zero-order chi connectivity index (χ0) is 24.4. The number of anilines is 3. The molecule has 0 aliphatic carbocycles. The molecule has 1 saturated heterocycles. The molecule has 0 radical (unpaired) electrons. The quantitative estimate of drug-likeness (QED) is 0.456. The highest BCUT2D eigenvalue weighted by molar-refractivity contribution is 7.99. The second kappa shape index (κ2) is 10.3. The SMILES string of the molecule is CCc1cc(N2CCNCC2)ccc1Nc1ncc(C(F)(F)F)c(-c2cc3c(s2)COCCS3)n1. The van der Waals surface area contributed by atoms with Crippen LogP contribution in [0.15, 0.2) is 35.4 Å². The zero-order valence-corrected chi connectivity index (χ0v) is 20.9. The first-order valence-electron chi connectivity index (χ1n) is 11.6. The van der Waals surface area contributed by atoms with Crippen molar-refractivity contribution in [2.75, 3.05) is 48.8 Å². The number of nitrogens with one attached hydrogen (secondary N) is 2.